The topological polar surface area (TPSA) is 160 Å². The van der Waals surface area contributed by atoms with Crippen molar-refractivity contribution in [1.82, 2.24) is 14.8 Å². The molecular formula is C17H20BN5O5S2. The summed E-state index contributed by atoms with van der Waals surface area (Å²) in [6, 6.07) is 9.96. The molecule has 3 rings (SSSR count). The Morgan fingerprint density at radius 3 is 2.30 bits per heavy atom. The smallest absolute Gasteiger partial charge is 0.372 e. The molecule has 1 aromatic heterocycles. The zero-order valence-corrected chi connectivity index (χ0v) is 17.9. The van der Waals surface area contributed by atoms with Gasteiger partial charge in [-0.2, -0.15) is 18.7 Å². The summed E-state index contributed by atoms with van der Waals surface area (Å²) in [7, 11) is -6.10. The average molecular weight is 449 g/mol. The van der Waals surface area contributed by atoms with Gasteiger partial charge in [-0.25, -0.2) is 23.2 Å². The maximum Gasteiger partial charge on any atom is 0.380 e. The second kappa shape index (κ2) is 8.18. The van der Waals surface area contributed by atoms with Crippen LogP contribution in [0, 0.1) is 6.92 Å². The second-order valence-corrected chi connectivity index (χ2v) is 9.64. The van der Waals surface area contributed by atoms with E-state index < -0.39 is 26.4 Å². The molecule has 0 spiro atoms. The molecule has 0 amide bonds. The molecule has 0 fully saturated rings. The average Bonchev–Trinajstić information content (AvgIpc) is 3.12. The molecule has 0 aliphatic rings. The van der Waals surface area contributed by atoms with E-state index in [0.29, 0.717) is 11.0 Å². The van der Waals surface area contributed by atoms with Crippen LogP contribution < -0.4 is 19.9 Å². The number of nitrogens with two attached hydrogens (primary N) is 2. The monoisotopic (exact) mass is 449 g/mol. The van der Waals surface area contributed by atoms with Gasteiger partial charge in [0.1, 0.15) is 32.3 Å². The lowest BCUT2D eigenvalue weighted by Gasteiger charge is -2.21. The number of rotatable bonds is 7. The molecular weight excluding hydrogens is 429 g/mol. The summed E-state index contributed by atoms with van der Waals surface area (Å²) >= 11 is 0. The highest BCUT2D eigenvalue weighted by Gasteiger charge is 2.20. The van der Waals surface area contributed by atoms with Crippen molar-refractivity contribution in [3.63, 3.8) is 0 Å². The van der Waals surface area contributed by atoms with E-state index in [1.54, 1.807) is 50.0 Å². The Kier molecular flexibility index (Phi) is 5.99. The third-order valence-corrected chi connectivity index (χ3v) is 5.59. The van der Waals surface area contributed by atoms with Crippen LogP contribution in [0.15, 0.2) is 49.1 Å². The molecule has 1 atom stereocenters. The van der Waals surface area contributed by atoms with E-state index in [1.807, 2.05) is 6.07 Å². The maximum absolute atomic E-state index is 11.4. The van der Waals surface area contributed by atoms with Gasteiger partial charge in [-0.15, -0.1) is 0 Å². The molecule has 2 aromatic carbocycles. The number of hydrogen-bond acceptors (Lipinski definition) is 7. The Bertz CT molecular complexity index is 1190. The standard InChI is InChI=1S/C17H20BN5O5S2/c1-11-6-12(2-3-14(11)8-29(19,24)25)17(23-10-21-9-22-23)13-4-5-16(15(18)7-13)28-30(20,26)27/h2-7,9-10,17H,8,18H2,1H3,(H2,19,24,25)(H2,20,26,27). The number of aromatic nitrogens is 3. The van der Waals surface area contributed by atoms with Gasteiger partial charge >= 0.3 is 10.3 Å². The van der Waals surface area contributed by atoms with Crippen LogP contribution in [0.2, 0.25) is 0 Å². The fourth-order valence-electron chi connectivity index (χ4n) is 3.18. The van der Waals surface area contributed by atoms with Crippen molar-refractivity contribution in [3.8, 4) is 5.75 Å². The molecule has 4 N–H and O–H groups in total. The highest BCUT2D eigenvalue weighted by molar-refractivity contribution is 7.88. The summed E-state index contributed by atoms with van der Waals surface area (Å²) in [5.41, 5.74) is 3.55. The van der Waals surface area contributed by atoms with E-state index in [2.05, 4.69) is 10.1 Å². The van der Waals surface area contributed by atoms with Gasteiger partial charge in [-0.1, -0.05) is 30.3 Å². The number of hydrogen-bond donors (Lipinski definition) is 2. The summed E-state index contributed by atoms with van der Waals surface area (Å²) in [5.74, 6) is -0.135. The molecule has 0 aliphatic heterocycles. The summed E-state index contributed by atoms with van der Waals surface area (Å²) < 4.78 is 51.8. The highest BCUT2D eigenvalue weighted by atomic mass is 32.2. The molecule has 13 heteroatoms. The van der Waals surface area contributed by atoms with E-state index in [0.717, 1.165) is 16.7 Å². The molecule has 158 valence electrons. The van der Waals surface area contributed by atoms with Gasteiger partial charge in [0.2, 0.25) is 10.0 Å². The first-order valence-electron chi connectivity index (χ1n) is 8.70. The first-order valence-corrected chi connectivity index (χ1v) is 11.9. The number of primary sulfonamides is 1. The minimum Gasteiger partial charge on any atom is -0.372 e. The summed E-state index contributed by atoms with van der Waals surface area (Å²) in [4.78, 5) is 4.01. The number of sulfonamides is 1. The van der Waals surface area contributed by atoms with Gasteiger partial charge in [0.25, 0.3) is 0 Å². The lowest BCUT2D eigenvalue weighted by Crippen LogP contribution is -2.23. The third kappa shape index (κ3) is 5.45. The minimum atomic E-state index is -4.14. The molecule has 10 nitrogen and oxygen atoms in total. The van der Waals surface area contributed by atoms with Crippen molar-refractivity contribution in [2.24, 2.45) is 10.3 Å². The quantitative estimate of drug-likeness (QED) is 0.431. The Morgan fingerprint density at radius 2 is 1.77 bits per heavy atom. The molecule has 0 saturated heterocycles. The lowest BCUT2D eigenvalue weighted by molar-refractivity contribution is 0.489. The first kappa shape index (κ1) is 22.0. The zero-order valence-electron chi connectivity index (χ0n) is 16.3. The second-order valence-electron chi connectivity index (χ2n) is 6.87. The van der Waals surface area contributed by atoms with Gasteiger partial charge in [0.05, 0.1) is 5.75 Å². The van der Waals surface area contributed by atoms with Crippen LogP contribution in [-0.4, -0.2) is 39.4 Å². The molecule has 0 saturated carbocycles. The highest BCUT2D eigenvalue weighted by Crippen LogP contribution is 2.28. The van der Waals surface area contributed by atoms with Crippen LogP contribution in [0.5, 0.6) is 5.75 Å². The fraction of sp³-hybridized carbons (Fsp3) is 0.176. The van der Waals surface area contributed by atoms with E-state index in [9.17, 15) is 16.8 Å². The zero-order chi connectivity index (χ0) is 22.1. The first-order chi connectivity index (χ1) is 13.9. The Hall–Kier alpha value is -2.74. The predicted octanol–water partition coefficient (Wildman–Crippen LogP) is -1.15. The van der Waals surface area contributed by atoms with Gasteiger partial charge in [-0.3, -0.25) is 0 Å². The fourth-order valence-corrected chi connectivity index (χ4v) is 4.37. The maximum atomic E-state index is 11.4. The number of nitrogens with zero attached hydrogens (tertiary/aromatic N) is 3. The Balaban J connectivity index is 2.06. The van der Waals surface area contributed by atoms with Crippen molar-refractivity contribution in [2.75, 3.05) is 0 Å². The lowest BCUT2D eigenvalue weighted by atomic mass is 9.89. The van der Waals surface area contributed by atoms with Gasteiger partial charge < -0.3 is 4.18 Å². The SMILES string of the molecule is Bc1cc(C(c2ccc(CS(N)(=O)=O)c(C)c2)n2cncn2)ccc1OS(N)(=O)=O. The predicted molar refractivity (Wildman–Crippen MR) is 114 cm³/mol. The van der Waals surface area contributed by atoms with E-state index >= 15 is 0 Å². The van der Waals surface area contributed by atoms with Crippen molar-refractivity contribution in [1.29, 1.82) is 0 Å². The van der Waals surface area contributed by atoms with Gasteiger partial charge in [-0.05, 0) is 40.7 Å². The molecule has 0 aliphatic carbocycles. The van der Waals surface area contributed by atoms with Crippen LogP contribution in [0.3, 0.4) is 0 Å². The third-order valence-electron chi connectivity index (χ3n) is 4.46. The minimum absolute atomic E-state index is 0.123. The van der Waals surface area contributed by atoms with Crippen LogP contribution >= 0.6 is 0 Å². The van der Waals surface area contributed by atoms with E-state index in [1.165, 1.54) is 12.4 Å². The number of benzene rings is 2. The van der Waals surface area contributed by atoms with Crippen LogP contribution in [-0.2, 0) is 26.1 Å². The van der Waals surface area contributed by atoms with Gasteiger partial charge in [0.15, 0.2) is 0 Å². The van der Waals surface area contributed by atoms with Crippen LogP contribution in [0.4, 0.5) is 0 Å². The van der Waals surface area contributed by atoms with Crippen molar-refractivity contribution in [3.05, 3.63) is 71.3 Å². The molecule has 1 unspecified atom stereocenters. The summed E-state index contributed by atoms with van der Waals surface area (Å²) in [6.45, 7) is 1.80. The van der Waals surface area contributed by atoms with Crippen molar-refractivity contribution < 1.29 is 21.0 Å². The number of aryl methyl sites for hydroxylation is 1. The van der Waals surface area contributed by atoms with E-state index in [-0.39, 0.29) is 11.5 Å². The van der Waals surface area contributed by atoms with Crippen LogP contribution in [0.1, 0.15) is 28.3 Å². The molecule has 3 aromatic rings. The summed E-state index contributed by atoms with van der Waals surface area (Å²) in [6.07, 6.45) is 2.96. The molecule has 0 bridgehead atoms. The normalized spacial score (nSPS) is 13.2. The Labute approximate surface area is 175 Å². The van der Waals surface area contributed by atoms with Crippen LogP contribution in [0.25, 0.3) is 0 Å². The molecule has 0 radical (unpaired) electrons. The van der Waals surface area contributed by atoms with E-state index in [4.69, 9.17) is 14.5 Å². The van der Waals surface area contributed by atoms with Crippen molar-refractivity contribution >= 4 is 33.6 Å². The molecule has 1 heterocycles. The molecule has 30 heavy (non-hydrogen) atoms. The Morgan fingerprint density at radius 1 is 1.10 bits per heavy atom. The van der Waals surface area contributed by atoms with Crippen molar-refractivity contribution in [2.45, 2.75) is 18.7 Å². The van der Waals surface area contributed by atoms with Gasteiger partial charge in [0, 0.05) is 0 Å². The largest absolute Gasteiger partial charge is 0.380 e. The summed E-state index contributed by atoms with van der Waals surface area (Å²) in [5, 5.41) is 14.4.